The van der Waals surface area contributed by atoms with Crippen LogP contribution in [0.5, 0.6) is 0 Å². The van der Waals surface area contributed by atoms with Crippen molar-refractivity contribution in [2.45, 2.75) is 30.2 Å². The highest BCUT2D eigenvalue weighted by Crippen LogP contribution is 2.26. The summed E-state index contributed by atoms with van der Waals surface area (Å²) < 4.78 is 27.5. The molecule has 0 spiro atoms. The number of hydrogen-bond donors (Lipinski definition) is 3. The van der Waals surface area contributed by atoms with E-state index in [0.29, 0.717) is 17.8 Å². The molecule has 0 radical (unpaired) electrons. The van der Waals surface area contributed by atoms with E-state index in [1.807, 2.05) is 6.07 Å². The van der Waals surface area contributed by atoms with Crippen molar-refractivity contribution < 1.29 is 13.2 Å². The van der Waals surface area contributed by atoms with Gasteiger partial charge >= 0.3 is 0 Å². The van der Waals surface area contributed by atoms with Crippen molar-refractivity contribution in [3.8, 4) is 0 Å². The van der Waals surface area contributed by atoms with Crippen molar-refractivity contribution >= 4 is 27.3 Å². The van der Waals surface area contributed by atoms with E-state index in [1.165, 1.54) is 12.1 Å². The van der Waals surface area contributed by atoms with Gasteiger partial charge in [0.15, 0.2) is 0 Å². The Morgan fingerprint density at radius 2 is 1.72 bits per heavy atom. The Bertz CT molecular complexity index is 853. The molecule has 4 N–H and O–H groups in total. The number of rotatable bonds is 5. The minimum atomic E-state index is -3.72. The zero-order valence-electron chi connectivity index (χ0n) is 13.7. The molecule has 2 aromatic carbocycles. The molecule has 1 amide bonds. The second kappa shape index (κ2) is 7.25. The average molecular weight is 359 g/mol. The molecule has 0 bridgehead atoms. The number of hydrogen-bond acceptors (Lipinski definition) is 4. The fraction of sp³-hybridized carbons (Fsp3) is 0.278. The van der Waals surface area contributed by atoms with Gasteiger partial charge in [-0.05, 0) is 49.6 Å². The maximum atomic E-state index is 12.5. The Kier molecular flexibility index (Phi) is 5.06. The van der Waals surface area contributed by atoms with Crippen LogP contribution in [0, 0.1) is 5.92 Å². The summed E-state index contributed by atoms with van der Waals surface area (Å²) in [5.41, 5.74) is 6.79. The Morgan fingerprint density at radius 3 is 2.40 bits per heavy atom. The van der Waals surface area contributed by atoms with E-state index in [-0.39, 0.29) is 22.8 Å². The van der Waals surface area contributed by atoms with Gasteiger partial charge in [-0.25, -0.2) is 8.42 Å². The molecule has 132 valence electrons. The maximum absolute atomic E-state index is 12.5. The second-order valence-corrected chi connectivity index (χ2v) is 7.94. The van der Waals surface area contributed by atoms with Gasteiger partial charge in [-0.1, -0.05) is 24.3 Å². The van der Waals surface area contributed by atoms with Crippen molar-refractivity contribution in [1.82, 2.24) is 0 Å². The molecule has 2 aromatic rings. The molecule has 7 heteroatoms. The third-order valence-electron chi connectivity index (χ3n) is 4.28. The molecule has 1 aliphatic rings. The van der Waals surface area contributed by atoms with Crippen LogP contribution in [-0.2, 0) is 14.8 Å². The molecular formula is C18H21N3O3S. The van der Waals surface area contributed by atoms with Gasteiger partial charge in [0.1, 0.15) is 0 Å². The normalized spacial score (nSPS) is 20.2. The summed E-state index contributed by atoms with van der Waals surface area (Å²) in [6, 6.07) is 15.0. The Morgan fingerprint density at radius 1 is 1.00 bits per heavy atom. The fourth-order valence-electron chi connectivity index (χ4n) is 2.96. The minimum absolute atomic E-state index is 0.0672. The van der Waals surface area contributed by atoms with E-state index in [2.05, 4.69) is 10.0 Å². The lowest BCUT2D eigenvalue weighted by Gasteiger charge is -2.12. The molecule has 1 aliphatic carbocycles. The zero-order chi connectivity index (χ0) is 17.9. The van der Waals surface area contributed by atoms with Crippen LogP contribution in [-0.4, -0.2) is 20.4 Å². The third-order valence-corrected chi connectivity index (χ3v) is 5.66. The second-order valence-electron chi connectivity index (χ2n) is 6.26. The van der Waals surface area contributed by atoms with Crippen LogP contribution in [0.2, 0.25) is 0 Å². The average Bonchev–Trinajstić information content (AvgIpc) is 3.02. The van der Waals surface area contributed by atoms with Crippen molar-refractivity contribution in [1.29, 1.82) is 0 Å². The van der Waals surface area contributed by atoms with E-state index < -0.39 is 10.0 Å². The summed E-state index contributed by atoms with van der Waals surface area (Å²) in [5.74, 6) is -0.226. The van der Waals surface area contributed by atoms with Gasteiger partial charge in [0.25, 0.3) is 10.0 Å². The van der Waals surface area contributed by atoms with Crippen LogP contribution in [0.3, 0.4) is 0 Å². The molecule has 25 heavy (non-hydrogen) atoms. The van der Waals surface area contributed by atoms with Crippen molar-refractivity contribution in [3.05, 3.63) is 54.6 Å². The smallest absolute Gasteiger partial charge is 0.261 e. The number of anilines is 2. The van der Waals surface area contributed by atoms with Crippen molar-refractivity contribution in [2.75, 3.05) is 10.0 Å². The monoisotopic (exact) mass is 359 g/mol. The molecule has 2 unspecified atom stereocenters. The van der Waals surface area contributed by atoms with Crippen LogP contribution in [0.1, 0.15) is 19.3 Å². The number of benzene rings is 2. The summed E-state index contributed by atoms with van der Waals surface area (Å²) in [6.45, 7) is 0. The van der Waals surface area contributed by atoms with Gasteiger partial charge in [-0.3, -0.25) is 9.52 Å². The highest BCUT2D eigenvalue weighted by molar-refractivity contribution is 7.92. The number of nitrogens with one attached hydrogen (secondary N) is 2. The molecule has 0 aromatic heterocycles. The van der Waals surface area contributed by atoms with Crippen molar-refractivity contribution in [3.63, 3.8) is 0 Å². The third kappa shape index (κ3) is 4.37. The van der Waals surface area contributed by atoms with Gasteiger partial charge in [-0.15, -0.1) is 0 Å². The molecule has 0 saturated heterocycles. The van der Waals surface area contributed by atoms with Gasteiger partial charge < -0.3 is 11.1 Å². The zero-order valence-corrected chi connectivity index (χ0v) is 14.5. The number of carbonyl (C=O) groups excluding carboxylic acids is 1. The number of nitrogens with two attached hydrogens (primary N) is 1. The van der Waals surface area contributed by atoms with Crippen LogP contribution in [0.4, 0.5) is 11.4 Å². The number of carbonyl (C=O) groups is 1. The molecule has 2 atom stereocenters. The summed E-state index contributed by atoms with van der Waals surface area (Å²) in [6.07, 6.45) is 2.27. The highest BCUT2D eigenvalue weighted by atomic mass is 32.2. The largest absolute Gasteiger partial charge is 0.328 e. The first kappa shape index (κ1) is 17.4. The van der Waals surface area contributed by atoms with Gasteiger partial charge in [0, 0.05) is 23.3 Å². The first-order valence-corrected chi connectivity index (χ1v) is 9.67. The minimum Gasteiger partial charge on any atom is -0.328 e. The lowest BCUT2D eigenvalue weighted by molar-refractivity contribution is -0.119. The predicted octanol–water partition coefficient (Wildman–Crippen LogP) is 2.55. The summed E-state index contributed by atoms with van der Waals surface area (Å²) in [4.78, 5) is 12.4. The maximum Gasteiger partial charge on any atom is 0.261 e. The number of amides is 1. The van der Waals surface area contributed by atoms with E-state index in [0.717, 1.165) is 12.8 Å². The molecular weight excluding hydrogens is 338 g/mol. The Balaban J connectivity index is 1.73. The number of sulfonamides is 1. The quantitative estimate of drug-likeness (QED) is 0.763. The molecule has 6 nitrogen and oxygen atoms in total. The van der Waals surface area contributed by atoms with Crippen LogP contribution in [0.25, 0.3) is 0 Å². The fourth-order valence-corrected chi connectivity index (χ4v) is 4.06. The van der Waals surface area contributed by atoms with E-state index in [4.69, 9.17) is 5.73 Å². The van der Waals surface area contributed by atoms with Gasteiger partial charge in [0.2, 0.25) is 5.91 Å². The van der Waals surface area contributed by atoms with E-state index >= 15 is 0 Å². The molecule has 0 heterocycles. The van der Waals surface area contributed by atoms with Crippen LogP contribution in [0.15, 0.2) is 59.5 Å². The molecule has 3 rings (SSSR count). The summed E-state index contributed by atoms with van der Waals surface area (Å²) in [5, 5.41) is 2.79. The first-order valence-electron chi connectivity index (χ1n) is 8.18. The number of para-hydroxylation sites is 1. The molecule has 0 aliphatic heterocycles. The molecule has 1 fully saturated rings. The van der Waals surface area contributed by atoms with Gasteiger partial charge in [0.05, 0.1) is 4.90 Å². The van der Waals surface area contributed by atoms with Gasteiger partial charge in [-0.2, -0.15) is 0 Å². The Labute approximate surface area is 147 Å². The van der Waals surface area contributed by atoms with Crippen LogP contribution < -0.4 is 15.8 Å². The SMILES string of the molecule is NC1CCC(C(=O)Nc2cccc(S(=O)(=O)Nc3ccccc3)c2)C1. The predicted molar refractivity (Wildman–Crippen MR) is 97.6 cm³/mol. The standard InChI is InChI=1S/C18H21N3O3S/c19-14-10-9-13(11-14)18(22)20-16-7-4-8-17(12-16)25(23,24)21-15-5-2-1-3-6-15/h1-8,12-14,21H,9-11,19H2,(H,20,22). The Hall–Kier alpha value is -2.38. The van der Waals surface area contributed by atoms with Crippen LogP contribution >= 0.6 is 0 Å². The summed E-state index contributed by atoms with van der Waals surface area (Å²) >= 11 is 0. The van der Waals surface area contributed by atoms with Crippen molar-refractivity contribution in [2.24, 2.45) is 11.7 Å². The van der Waals surface area contributed by atoms with E-state index in [9.17, 15) is 13.2 Å². The summed E-state index contributed by atoms with van der Waals surface area (Å²) in [7, 11) is -3.72. The first-order chi connectivity index (χ1) is 11.9. The topological polar surface area (TPSA) is 101 Å². The molecule has 1 saturated carbocycles. The van der Waals surface area contributed by atoms with E-state index in [1.54, 1.807) is 36.4 Å². The lowest BCUT2D eigenvalue weighted by atomic mass is 10.1. The highest BCUT2D eigenvalue weighted by Gasteiger charge is 2.27. The lowest BCUT2D eigenvalue weighted by Crippen LogP contribution is -2.23.